The van der Waals surface area contributed by atoms with Crippen LogP contribution in [0, 0.1) is 6.92 Å². The molecule has 0 fully saturated rings. The fourth-order valence-electron chi connectivity index (χ4n) is 1.95. The van der Waals surface area contributed by atoms with Crippen molar-refractivity contribution in [3.8, 4) is 5.75 Å². The predicted octanol–water partition coefficient (Wildman–Crippen LogP) is 0.685. The van der Waals surface area contributed by atoms with E-state index in [1.165, 1.54) is 0 Å². The van der Waals surface area contributed by atoms with Gasteiger partial charge in [0.2, 0.25) is 0 Å². The summed E-state index contributed by atoms with van der Waals surface area (Å²) in [6.07, 6.45) is 1.68. The van der Waals surface area contributed by atoms with Crippen molar-refractivity contribution in [1.82, 2.24) is 20.4 Å². The van der Waals surface area contributed by atoms with E-state index in [1.54, 1.807) is 18.0 Å². The van der Waals surface area contributed by atoms with Crippen molar-refractivity contribution in [2.75, 3.05) is 7.11 Å². The molecule has 6 nitrogen and oxygen atoms in total. The summed E-state index contributed by atoms with van der Waals surface area (Å²) in [4.78, 5) is 0. The van der Waals surface area contributed by atoms with Gasteiger partial charge >= 0.3 is 0 Å². The Morgan fingerprint density at radius 2 is 2.22 bits per heavy atom. The third-order valence-corrected chi connectivity index (χ3v) is 2.91. The zero-order chi connectivity index (χ0) is 13.1. The Morgan fingerprint density at radius 1 is 1.44 bits per heavy atom. The molecule has 0 aliphatic heterocycles. The smallest absolute Gasteiger partial charge is 0.124 e. The molecule has 1 aromatic carbocycles. The molecule has 0 radical (unpaired) electrons. The maximum atomic E-state index is 5.65. The minimum atomic E-state index is -0.208. The molecule has 18 heavy (non-hydrogen) atoms. The maximum Gasteiger partial charge on any atom is 0.124 e. The summed E-state index contributed by atoms with van der Waals surface area (Å²) in [7, 11) is 3.47. The lowest BCUT2D eigenvalue weighted by Gasteiger charge is -2.19. The number of ether oxygens (including phenoxy) is 1. The van der Waals surface area contributed by atoms with Gasteiger partial charge in [-0.1, -0.05) is 17.3 Å². The minimum absolute atomic E-state index is 0.208. The highest BCUT2D eigenvalue weighted by Gasteiger charge is 2.20. The molecule has 6 heteroatoms. The summed E-state index contributed by atoms with van der Waals surface area (Å²) < 4.78 is 7.09. The van der Waals surface area contributed by atoms with Gasteiger partial charge in [0.25, 0.3) is 0 Å². The van der Waals surface area contributed by atoms with Crippen LogP contribution in [0.25, 0.3) is 0 Å². The van der Waals surface area contributed by atoms with Crippen LogP contribution in [0.3, 0.4) is 0 Å². The topological polar surface area (TPSA) is 78.0 Å². The third kappa shape index (κ3) is 2.20. The zero-order valence-electron chi connectivity index (χ0n) is 10.7. The lowest BCUT2D eigenvalue weighted by molar-refractivity contribution is 0.402. The number of nitrogens with one attached hydrogen (secondary N) is 1. The van der Waals surface area contributed by atoms with Crippen LogP contribution in [0.1, 0.15) is 22.9 Å². The van der Waals surface area contributed by atoms with Gasteiger partial charge in [0.15, 0.2) is 0 Å². The van der Waals surface area contributed by atoms with Crippen molar-refractivity contribution in [2.24, 2.45) is 12.9 Å². The fourth-order valence-corrected chi connectivity index (χ4v) is 1.95. The first-order valence-electron chi connectivity index (χ1n) is 5.62. The molecule has 0 amide bonds. The molecule has 1 aromatic heterocycles. The van der Waals surface area contributed by atoms with Crippen molar-refractivity contribution in [3.05, 3.63) is 41.2 Å². The number of benzene rings is 1. The van der Waals surface area contributed by atoms with E-state index in [9.17, 15) is 0 Å². The number of nitrogens with zero attached hydrogens (tertiary/aromatic N) is 3. The Hall–Kier alpha value is -1.92. The molecule has 0 saturated carbocycles. The van der Waals surface area contributed by atoms with Gasteiger partial charge < -0.3 is 4.74 Å². The third-order valence-electron chi connectivity index (χ3n) is 2.91. The van der Waals surface area contributed by atoms with Crippen molar-refractivity contribution in [3.63, 3.8) is 0 Å². The molecule has 1 heterocycles. The van der Waals surface area contributed by atoms with Gasteiger partial charge in [-0.05, 0) is 18.6 Å². The van der Waals surface area contributed by atoms with Crippen LogP contribution >= 0.6 is 0 Å². The summed E-state index contributed by atoms with van der Waals surface area (Å²) in [6, 6.07) is 5.78. The number of hydrogen-bond acceptors (Lipinski definition) is 5. The van der Waals surface area contributed by atoms with Crippen molar-refractivity contribution in [1.29, 1.82) is 0 Å². The summed E-state index contributed by atoms with van der Waals surface area (Å²) in [5.74, 6) is 6.44. The summed E-state index contributed by atoms with van der Waals surface area (Å²) in [5, 5.41) is 7.78. The van der Waals surface area contributed by atoms with E-state index >= 15 is 0 Å². The Kier molecular flexibility index (Phi) is 3.59. The number of hydrazine groups is 1. The number of aromatic nitrogens is 3. The molecule has 0 spiro atoms. The molecule has 96 valence electrons. The predicted molar refractivity (Wildman–Crippen MR) is 67.9 cm³/mol. The zero-order valence-corrected chi connectivity index (χ0v) is 10.7. The van der Waals surface area contributed by atoms with E-state index in [1.807, 2.05) is 32.2 Å². The Labute approximate surface area is 106 Å². The van der Waals surface area contributed by atoms with Crippen molar-refractivity contribution >= 4 is 0 Å². The molecular weight excluding hydrogens is 230 g/mol. The van der Waals surface area contributed by atoms with Crippen LogP contribution in [-0.2, 0) is 7.05 Å². The monoisotopic (exact) mass is 247 g/mol. The van der Waals surface area contributed by atoms with Gasteiger partial charge in [0, 0.05) is 12.6 Å². The average molecular weight is 247 g/mol. The Balaban J connectivity index is 2.48. The van der Waals surface area contributed by atoms with Gasteiger partial charge in [0.05, 0.1) is 25.0 Å². The van der Waals surface area contributed by atoms with E-state index in [2.05, 4.69) is 15.7 Å². The highest BCUT2D eigenvalue weighted by Crippen LogP contribution is 2.29. The summed E-state index contributed by atoms with van der Waals surface area (Å²) in [5.41, 5.74) is 5.74. The molecule has 1 atom stereocenters. The van der Waals surface area contributed by atoms with Gasteiger partial charge in [-0.2, -0.15) is 0 Å². The molecule has 3 N–H and O–H groups in total. The standard InChI is InChI=1S/C12H17N5O/c1-8-4-5-9(11(6-8)18-3)12(15-13)10-7-14-16-17(10)2/h4-7,12,15H,13H2,1-3H3. The van der Waals surface area contributed by atoms with Crippen LogP contribution < -0.4 is 16.0 Å². The summed E-state index contributed by atoms with van der Waals surface area (Å²) in [6.45, 7) is 2.02. The van der Waals surface area contributed by atoms with Crippen LogP contribution in [0.2, 0.25) is 0 Å². The number of hydrogen-bond donors (Lipinski definition) is 2. The summed E-state index contributed by atoms with van der Waals surface area (Å²) >= 11 is 0. The maximum absolute atomic E-state index is 5.65. The Morgan fingerprint density at radius 3 is 2.78 bits per heavy atom. The first-order valence-corrected chi connectivity index (χ1v) is 5.62. The lowest BCUT2D eigenvalue weighted by Crippen LogP contribution is -2.30. The highest BCUT2D eigenvalue weighted by molar-refractivity contribution is 5.42. The van der Waals surface area contributed by atoms with E-state index in [-0.39, 0.29) is 6.04 Å². The molecule has 1 unspecified atom stereocenters. The molecule has 0 aliphatic rings. The average Bonchev–Trinajstić information content (AvgIpc) is 2.78. The van der Waals surface area contributed by atoms with Crippen molar-refractivity contribution < 1.29 is 4.74 Å². The molecule has 0 bridgehead atoms. The first kappa shape index (κ1) is 12.5. The number of aryl methyl sites for hydroxylation is 2. The van der Waals surface area contributed by atoms with E-state index in [0.717, 1.165) is 22.6 Å². The van der Waals surface area contributed by atoms with Crippen molar-refractivity contribution in [2.45, 2.75) is 13.0 Å². The second-order valence-electron chi connectivity index (χ2n) is 4.13. The van der Waals surface area contributed by atoms with E-state index in [4.69, 9.17) is 10.6 Å². The van der Waals surface area contributed by atoms with E-state index < -0.39 is 0 Å². The minimum Gasteiger partial charge on any atom is -0.496 e. The second-order valence-corrected chi connectivity index (χ2v) is 4.13. The highest BCUT2D eigenvalue weighted by atomic mass is 16.5. The quantitative estimate of drug-likeness (QED) is 0.614. The van der Waals surface area contributed by atoms with Gasteiger partial charge in [0.1, 0.15) is 5.75 Å². The number of methoxy groups -OCH3 is 1. The lowest BCUT2D eigenvalue weighted by atomic mass is 10.0. The molecule has 2 rings (SSSR count). The van der Waals surface area contributed by atoms with Gasteiger partial charge in [-0.15, -0.1) is 5.10 Å². The van der Waals surface area contributed by atoms with Gasteiger partial charge in [-0.3, -0.25) is 10.5 Å². The SMILES string of the molecule is COc1cc(C)ccc1C(NN)c1cnnn1C. The fraction of sp³-hybridized carbons (Fsp3) is 0.333. The molecule has 0 aliphatic carbocycles. The van der Waals surface area contributed by atoms with Crippen LogP contribution in [-0.4, -0.2) is 22.1 Å². The van der Waals surface area contributed by atoms with Crippen LogP contribution in [0.15, 0.2) is 24.4 Å². The number of nitrogens with two attached hydrogens (primary N) is 1. The number of rotatable bonds is 4. The second kappa shape index (κ2) is 5.16. The largest absolute Gasteiger partial charge is 0.496 e. The van der Waals surface area contributed by atoms with Gasteiger partial charge in [-0.25, -0.2) is 5.43 Å². The van der Waals surface area contributed by atoms with Crippen LogP contribution in [0.4, 0.5) is 0 Å². The van der Waals surface area contributed by atoms with Crippen LogP contribution in [0.5, 0.6) is 5.75 Å². The molecule has 2 aromatic rings. The van der Waals surface area contributed by atoms with E-state index in [0.29, 0.717) is 0 Å². The normalized spacial score (nSPS) is 12.4. The Bertz CT molecular complexity index is 537. The molecular formula is C12H17N5O. The first-order chi connectivity index (χ1) is 8.67. The molecule has 0 saturated heterocycles.